The highest BCUT2D eigenvalue weighted by Gasteiger charge is 2.18. The molecule has 0 bridgehead atoms. The van der Waals surface area contributed by atoms with E-state index in [1.807, 2.05) is 17.4 Å². The molecule has 1 saturated heterocycles. The highest BCUT2D eigenvalue weighted by atomic mass is 32.2. The second kappa shape index (κ2) is 4.85. The maximum Gasteiger partial charge on any atom is 0.256 e. The van der Waals surface area contributed by atoms with Gasteiger partial charge in [-0.1, -0.05) is 11.8 Å². The number of nitrogens with zero attached hydrogens (tertiary/aromatic N) is 4. The van der Waals surface area contributed by atoms with Crippen molar-refractivity contribution in [2.24, 2.45) is 0 Å². The number of thioether (sulfide) groups is 1. The van der Waals surface area contributed by atoms with E-state index < -0.39 is 0 Å². The molecule has 0 aliphatic carbocycles. The summed E-state index contributed by atoms with van der Waals surface area (Å²) < 4.78 is 7.63. The van der Waals surface area contributed by atoms with Crippen molar-refractivity contribution in [3.05, 3.63) is 17.5 Å². The van der Waals surface area contributed by atoms with Gasteiger partial charge in [0.2, 0.25) is 0 Å². The Labute approximate surface area is 110 Å². The zero-order valence-corrected chi connectivity index (χ0v) is 11.4. The van der Waals surface area contributed by atoms with Crippen molar-refractivity contribution in [2.75, 3.05) is 12.4 Å². The predicted molar refractivity (Wildman–Crippen MR) is 70.0 cm³/mol. The molecule has 0 unspecified atom stereocenters. The molecule has 0 N–H and O–H groups in total. The molecule has 0 spiro atoms. The summed E-state index contributed by atoms with van der Waals surface area (Å²) in [4.78, 5) is 4.38. The third-order valence-electron chi connectivity index (χ3n) is 3.09. The molecule has 0 saturated carbocycles. The zero-order valence-electron chi connectivity index (χ0n) is 10.6. The summed E-state index contributed by atoms with van der Waals surface area (Å²) in [6.45, 7) is 4.92. The Balaban J connectivity index is 1.83. The molecule has 18 heavy (non-hydrogen) atoms. The average molecular weight is 264 g/mol. The van der Waals surface area contributed by atoms with Crippen LogP contribution in [0.2, 0.25) is 0 Å². The third-order valence-corrected chi connectivity index (χ3v) is 4.15. The summed E-state index contributed by atoms with van der Waals surface area (Å²) in [6, 6.07) is 2.05. The van der Waals surface area contributed by atoms with Crippen LogP contribution < -0.4 is 0 Å². The molecular weight excluding hydrogens is 248 g/mol. The summed E-state index contributed by atoms with van der Waals surface area (Å²) in [7, 11) is 0. The highest BCUT2D eigenvalue weighted by Crippen LogP contribution is 2.23. The summed E-state index contributed by atoms with van der Waals surface area (Å²) in [5.41, 5.74) is 2.10. The molecule has 3 rings (SSSR count). The smallest absolute Gasteiger partial charge is 0.256 e. The van der Waals surface area contributed by atoms with Crippen molar-refractivity contribution >= 4 is 17.5 Å². The van der Waals surface area contributed by atoms with Gasteiger partial charge in [0.25, 0.3) is 5.78 Å². The lowest BCUT2D eigenvalue weighted by Crippen LogP contribution is -2.08. The van der Waals surface area contributed by atoms with Crippen LogP contribution in [0.25, 0.3) is 5.78 Å². The van der Waals surface area contributed by atoms with Crippen LogP contribution in [0.1, 0.15) is 24.2 Å². The highest BCUT2D eigenvalue weighted by molar-refractivity contribution is 7.99. The molecule has 0 amide bonds. The first-order valence-corrected chi connectivity index (χ1v) is 7.16. The van der Waals surface area contributed by atoms with Crippen molar-refractivity contribution in [1.29, 1.82) is 0 Å². The van der Waals surface area contributed by atoms with E-state index in [0.717, 1.165) is 35.3 Å². The fraction of sp³-hybridized carbons (Fsp3) is 0.583. The lowest BCUT2D eigenvalue weighted by atomic mass is 10.3. The fourth-order valence-corrected chi connectivity index (χ4v) is 3.29. The van der Waals surface area contributed by atoms with E-state index in [2.05, 4.69) is 22.1 Å². The molecular formula is C12H16N4OS. The second-order valence-electron chi connectivity index (χ2n) is 4.60. The molecule has 96 valence electrons. The first-order chi connectivity index (χ1) is 8.74. The minimum Gasteiger partial charge on any atom is -0.377 e. The van der Waals surface area contributed by atoms with Crippen LogP contribution in [-0.2, 0) is 4.74 Å². The standard InChI is InChI=1S/C12H16N4OS/c1-8-6-9(2)16-11(13-8)14-15-12(16)18-7-10-4-3-5-17-10/h6,10H,3-5,7H2,1-2H3/t10-/m0/s1. The summed E-state index contributed by atoms with van der Waals surface area (Å²) in [5.74, 6) is 1.62. The Morgan fingerprint density at radius 1 is 1.44 bits per heavy atom. The Morgan fingerprint density at radius 3 is 3.11 bits per heavy atom. The monoisotopic (exact) mass is 264 g/mol. The molecule has 2 aromatic heterocycles. The zero-order chi connectivity index (χ0) is 12.5. The molecule has 1 fully saturated rings. The van der Waals surface area contributed by atoms with Crippen LogP contribution in [0.3, 0.4) is 0 Å². The molecule has 1 aliphatic rings. The average Bonchev–Trinajstić information content (AvgIpc) is 2.94. The first-order valence-electron chi connectivity index (χ1n) is 6.18. The Morgan fingerprint density at radius 2 is 2.33 bits per heavy atom. The minimum atomic E-state index is 0.362. The van der Waals surface area contributed by atoms with E-state index in [4.69, 9.17) is 4.74 Å². The Hall–Kier alpha value is -1.14. The number of aromatic nitrogens is 4. The van der Waals surface area contributed by atoms with Gasteiger partial charge in [-0.3, -0.25) is 4.40 Å². The first kappa shape index (κ1) is 11.9. The van der Waals surface area contributed by atoms with Crippen molar-refractivity contribution in [3.63, 3.8) is 0 Å². The molecule has 6 heteroatoms. The molecule has 2 aromatic rings. The van der Waals surface area contributed by atoms with E-state index in [0.29, 0.717) is 11.9 Å². The van der Waals surface area contributed by atoms with Crippen molar-refractivity contribution in [1.82, 2.24) is 19.6 Å². The lowest BCUT2D eigenvalue weighted by molar-refractivity contribution is 0.129. The summed E-state index contributed by atoms with van der Waals surface area (Å²) >= 11 is 1.70. The van der Waals surface area contributed by atoms with Gasteiger partial charge in [0.05, 0.1) is 6.10 Å². The van der Waals surface area contributed by atoms with Gasteiger partial charge >= 0.3 is 0 Å². The largest absolute Gasteiger partial charge is 0.377 e. The van der Waals surface area contributed by atoms with Crippen molar-refractivity contribution in [3.8, 4) is 0 Å². The molecule has 3 heterocycles. The Kier molecular flexibility index (Phi) is 3.22. The molecule has 0 aromatic carbocycles. The molecule has 5 nitrogen and oxygen atoms in total. The van der Waals surface area contributed by atoms with Gasteiger partial charge in [-0.25, -0.2) is 4.98 Å². The van der Waals surface area contributed by atoms with Crippen LogP contribution in [0.4, 0.5) is 0 Å². The van der Waals surface area contributed by atoms with Crippen LogP contribution in [0.15, 0.2) is 11.2 Å². The second-order valence-corrected chi connectivity index (χ2v) is 5.59. The summed E-state index contributed by atoms with van der Waals surface area (Å²) in [5, 5.41) is 9.25. The normalized spacial score (nSPS) is 19.8. The molecule has 1 aliphatic heterocycles. The quantitative estimate of drug-likeness (QED) is 0.794. The van der Waals surface area contributed by atoms with Gasteiger partial charge in [-0.05, 0) is 32.8 Å². The lowest BCUT2D eigenvalue weighted by Gasteiger charge is -2.08. The SMILES string of the molecule is Cc1cc(C)n2c(SC[C@@H]3CCCO3)nnc2n1. The van der Waals surface area contributed by atoms with Crippen molar-refractivity contribution in [2.45, 2.75) is 37.9 Å². The van der Waals surface area contributed by atoms with E-state index in [1.54, 1.807) is 11.8 Å². The number of fused-ring (bicyclic) bond motifs is 1. The third kappa shape index (κ3) is 2.22. The van der Waals surface area contributed by atoms with Gasteiger partial charge in [-0.2, -0.15) is 0 Å². The van der Waals surface area contributed by atoms with E-state index in [-0.39, 0.29) is 0 Å². The van der Waals surface area contributed by atoms with Gasteiger partial charge < -0.3 is 4.74 Å². The van der Waals surface area contributed by atoms with Crippen LogP contribution in [-0.4, -0.2) is 38.0 Å². The van der Waals surface area contributed by atoms with Crippen LogP contribution in [0.5, 0.6) is 0 Å². The van der Waals surface area contributed by atoms with Gasteiger partial charge in [0.1, 0.15) is 0 Å². The number of aryl methyl sites for hydroxylation is 2. The van der Waals surface area contributed by atoms with Gasteiger partial charge in [0, 0.05) is 23.7 Å². The maximum absolute atomic E-state index is 5.62. The Bertz CT molecular complexity index is 562. The fourth-order valence-electron chi connectivity index (χ4n) is 2.24. The van der Waals surface area contributed by atoms with Gasteiger partial charge in [-0.15, -0.1) is 10.2 Å². The predicted octanol–water partition coefficient (Wildman–Crippen LogP) is 2.01. The number of hydrogen-bond acceptors (Lipinski definition) is 5. The van der Waals surface area contributed by atoms with Crippen molar-refractivity contribution < 1.29 is 4.74 Å². The number of rotatable bonds is 3. The van der Waals surface area contributed by atoms with Gasteiger partial charge in [0.15, 0.2) is 5.16 Å². The van der Waals surface area contributed by atoms with Crippen LogP contribution in [0, 0.1) is 13.8 Å². The minimum absolute atomic E-state index is 0.362. The maximum atomic E-state index is 5.62. The topological polar surface area (TPSA) is 52.3 Å². The van der Waals surface area contributed by atoms with E-state index >= 15 is 0 Å². The summed E-state index contributed by atoms with van der Waals surface area (Å²) in [6.07, 6.45) is 2.69. The molecule has 0 radical (unpaired) electrons. The number of ether oxygens (including phenoxy) is 1. The van der Waals surface area contributed by atoms with E-state index in [1.165, 1.54) is 6.42 Å². The van der Waals surface area contributed by atoms with E-state index in [9.17, 15) is 0 Å². The van der Waals surface area contributed by atoms with Crippen LogP contribution >= 0.6 is 11.8 Å². The molecule has 1 atom stereocenters. The number of hydrogen-bond donors (Lipinski definition) is 0.